The fourth-order valence-corrected chi connectivity index (χ4v) is 2.18. The van der Waals surface area contributed by atoms with E-state index < -0.39 is 6.36 Å². The molecule has 2 nitrogen and oxygen atoms in total. The molecule has 0 fully saturated rings. The fourth-order valence-electron chi connectivity index (χ4n) is 1.67. The molecule has 0 N–H and O–H groups in total. The second-order valence-corrected chi connectivity index (χ2v) is 4.92. The number of benzene rings is 1. The molecule has 0 saturated carbocycles. The molecule has 0 unspecified atom stereocenters. The lowest BCUT2D eigenvalue weighted by atomic mass is 10.1. The number of pyridine rings is 1. The molecule has 0 saturated heterocycles. The minimum Gasteiger partial charge on any atom is -0.406 e. The average Bonchev–Trinajstić information content (AvgIpc) is 2.39. The van der Waals surface area contributed by atoms with E-state index in [1.807, 2.05) is 18.4 Å². The molecule has 106 valence electrons. The molecule has 0 aliphatic rings. The summed E-state index contributed by atoms with van der Waals surface area (Å²) in [5.41, 5.74) is 2.57. The topological polar surface area (TPSA) is 22.1 Å². The lowest BCUT2D eigenvalue weighted by Crippen LogP contribution is -2.16. The first-order chi connectivity index (χ1) is 9.48. The molecule has 2 aromatic rings. The number of ether oxygens (including phenoxy) is 1. The third-order valence-electron chi connectivity index (χ3n) is 2.52. The van der Waals surface area contributed by atoms with E-state index in [-0.39, 0.29) is 5.75 Å². The second-order valence-electron chi connectivity index (χ2n) is 4.06. The van der Waals surface area contributed by atoms with Gasteiger partial charge in [0.25, 0.3) is 0 Å². The van der Waals surface area contributed by atoms with E-state index in [1.54, 1.807) is 30.1 Å². The maximum absolute atomic E-state index is 12.0. The van der Waals surface area contributed by atoms with Crippen LogP contribution in [0.25, 0.3) is 11.3 Å². The van der Waals surface area contributed by atoms with Crippen LogP contribution in [0.3, 0.4) is 0 Å². The van der Waals surface area contributed by atoms with Gasteiger partial charge in [-0.2, -0.15) is 11.8 Å². The maximum atomic E-state index is 12.0. The highest BCUT2D eigenvalue weighted by Gasteiger charge is 2.30. The summed E-state index contributed by atoms with van der Waals surface area (Å²) in [4.78, 5) is 4.30. The molecule has 6 heteroatoms. The van der Waals surface area contributed by atoms with Gasteiger partial charge in [-0.15, -0.1) is 13.2 Å². The molecule has 0 aliphatic heterocycles. The zero-order valence-corrected chi connectivity index (χ0v) is 11.5. The Labute approximate surface area is 119 Å². The predicted molar refractivity (Wildman–Crippen MR) is 73.6 cm³/mol. The molecule has 0 bridgehead atoms. The van der Waals surface area contributed by atoms with Crippen molar-refractivity contribution in [3.05, 3.63) is 48.2 Å². The van der Waals surface area contributed by atoms with Crippen molar-refractivity contribution in [2.24, 2.45) is 0 Å². The van der Waals surface area contributed by atoms with Crippen LogP contribution >= 0.6 is 11.8 Å². The zero-order valence-electron chi connectivity index (χ0n) is 10.6. The number of hydrogen-bond donors (Lipinski definition) is 0. The van der Waals surface area contributed by atoms with Crippen molar-refractivity contribution >= 4 is 11.8 Å². The Bertz CT molecular complexity index is 552. The minimum atomic E-state index is -4.67. The standard InChI is InChI=1S/C14H12F3NOS/c1-20-9-10-2-7-13(18-8-10)11-3-5-12(6-4-11)19-14(15,16)17/h2-8H,9H2,1H3. The molecular weight excluding hydrogens is 287 g/mol. The smallest absolute Gasteiger partial charge is 0.406 e. The van der Waals surface area contributed by atoms with Gasteiger partial charge in [-0.25, -0.2) is 0 Å². The monoisotopic (exact) mass is 299 g/mol. The lowest BCUT2D eigenvalue weighted by molar-refractivity contribution is -0.274. The molecule has 0 amide bonds. The first kappa shape index (κ1) is 14.7. The van der Waals surface area contributed by atoms with Gasteiger partial charge >= 0.3 is 6.36 Å². The number of nitrogens with zero attached hydrogens (tertiary/aromatic N) is 1. The number of hydrogen-bond acceptors (Lipinski definition) is 3. The van der Waals surface area contributed by atoms with Crippen molar-refractivity contribution in [3.8, 4) is 17.0 Å². The van der Waals surface area contributed by atoms with Gasteiger partial charge in [-0.05, 0) is 42.2 Å². The third-order valence-corrected chi connectivity index (χ3v) is 3.14. The lowest BCUT2D eigenvalue weighted by Gasteiger charge is -2.09. The molecular formula is C14H12F3NOS. The van der Waals surface area contributed by atoms with Crippen molar-refractivity contribution in [1.82, 2.24) is 4.98 Å². The molecule has 1 heterocycles. The van der Waals surface area contributed by atoms with E-state index in [2.05, 4.69) is 9.72 Å². The van der Waals surface area contributed by atoms with Gasteiger partial charge in [0, 0.05) is 17.5 Å². The van der Waals surface area contributed by atoms with Crippen molar-refractivity contribution in [1.29, 1.82) is 0 Å². The average molecular weight is 299 g/mol. The van der Waals surface area contributed by atoms with Crippen LogP contribution in [-0.2, 0) is 5.75 Å². The van der Waals surface area contributed by atoms with E-state index in [4.69, 9.17) is 0 Å². The Morgan fingerprint density at radius 3 is 2.30 bits per heavy atom. The van der Waals surface area contributed by atoms with E-state index >= 15 is 0 Å². The van der Waals surface area contributed by atoms with Gasteiger partial charge in [0.2, 0.25) is 0 Å². The Morgan fingerprint density at radius 1 is 1.10 bits per heavy atom. The van der Waals surface area contributed by atoms with Gasteiger partial charge in [0.15, 0.2) is 0 Å². The van der Waals surface area contributed by atoms with Crippen LogP contribution in [0.5, 0.6) is 5.75 Å². The van der Waals surface area contributed by atoms with Gasteiger partial charge in [0.05, 0.1) is 5.69 Å². The molecule has 20 heavy (non-hydrogen) atoms. The number of thioether (sulfide) groups is 1. The minimum absolute atomic E-state index is 0.236. The summed E-state index contributed by atoms with van der Waals surface area (Å²) >= 11 is 1.70. The highest BCUT2D eigenvalue weighted by Crippen LogP contribution is 2.25. The molecule has 0 radical (unpaired) electrons. The van der Waals surface area contributed by atoms with Crippen molar-refractivity contribution < 1.29 is 17.9 Å². The Balaban J connectivity index is 2.13. The van der Waals surface area contributed by atoms with E-state index in [1.165, 1.54) is 12.1 Å². The third kappa shape index (κ3) is 4.16. The Morgan fingerprint density at radius 2 is 1.80 bits per heavy atom. The highest BCUT2D eigenvalue weighted by molar-refractivity contribution is 7.97. The van der Waals surface area contributed by atoms with Crippen LogP contribution in [0.4, 0.5) is 13.2 Å². The summed E-state index contributed by atoms with van der Waals surface area (Å²) in [6.07, 6.45) is -0.890. The van der Waals surface area contributed by atoms with Crippen LogP contribution in [0.15, 0.2) is 42.6 Å². The van der Waals surface area contributed by atoms with Gasteiger partial charge < -0.3 is 4.74 Å². The Hall–Kier alpha value is -1.69. The Kier molecular flexibility index (Phi) is 4.54. The summed E-state index contributed by atoms with van der Waals surface area (Å²) in [6.45, 7) is 0. The molecule has 1 aromatic heterocycles. The summed E-state index contributed by atoms with van der Waals surface area (Å²) in [7, 11) is 0. The molecule has 0 aliphatic carbocycles. The predicted octanol–water partition coefficient (Wildman–Crippen LogP) is 4.51. The SMILES string of the molecule is CSCc1ccc(-c2ccc(OC(F)(F)F)cc2)nc1. The zero-order chi connectivity index (χ0) is 14.6. The van der Waals surface area contributed by atoms with E-state index in [0.29, 0.717) is 5.69 Å². The highest BCUT2D eigenvalue weighted by atomic mass is 32.2. The van der Waals surface area contributed by atoms with Crippen molar-refractivity contribution in [2.75, 3.05) is 6.26 Å². The molecule has 2 rings (SSSR count). The van der Waals surface area contributed by atoms with Gasteiger partial charge in [0.1, 0.15) is 5.75 Å². The molecule has 0 atom stereocenters. The molecule has 1 aromatic carbocycles. The van der Waals surface area contributed by atoms with Gasteiger partial charge in [-0.3, -0.25) is 4.98 Å². The van der Waals surface area contributed by atoms with E-state index in [9.17, 15) is 13.2 Å². The number of halogens is 3. The summed E-state index contributed by atoms with van der Waals surface area (Å²) < 4.78 is 40.0. The van der Waals surface area contributed by atoms with Crippen molar-refractivity contribution in [3.63, 3.8) is 0 Å². The fraction of sp³-hybridized carbons (Fsp3) is 0.214. The number of aromatic nitrogens is 1. The summed E-state index contributed by atoms with van der Waals surface area (Å²) in [6, 6.07) is 9.47. The number of alkyl halides is 3. The van der Waals surface area contributed by atoms with Crippen LogP contribution in [-0.4, -0.2) is 17.6 Å². The second kappa shape index (κ2) is 6.17. The van der Waals surface area contributed by atoms with Gasteiger partial charge in [-0.1, -0.05) is 6.07 Å². The largest absolute Gasteiger partial charge is 0.573 e. The summed E-state index contributed by atoms with van der Waals surface area (Å²) in [5, 5.41) is 0. The number of rotatable bonds is 4. The maximum Gasteiger partial charge on any atom is 0.573 e. The van der Waals surface area contributed by atoms with Crippen LogP contribution in [0.2, 0.25) is 0 Å². The molecule has 0 spiro atoms. The summed E-state index contributed by atoms with van der Waals surface area (Å²) in [5.74, 6) is 0.645. The quantitative estimate of drug-likeness (QED) is 0.829. The van der Waals surface area contributed by atoms with Crippen molar-refractivity contribution in [2.45, 2.75) is 12.1 Å². The normalized spacial score (nSPS) is 11.4. The first-order valence-electron chi connectivity index (χ1n) is 5.78. The van der Waals surface area contributed by atoms with E-state index in [0.717, 1.165) is 16.9 Å². The van der Waals surface area contributed by atoms with Crippen LogP contribution in [0.1, 0.15) is 5.56 Å². The van der Waals surface area contributed by atoms with Crippen LogP contribution < -0.4 is 4.74 Å². The first-order valence-corrected chi connectivity index (χ1v) is 7.17. The van der Waals surface area contributed by atoms with Crippen LogP contribution in [0, 0.1) is 0 Å².